The predicted molar refractivity (Wildman–Crippen MR) is 166 cm³/mol. The van der Waals surface area contributed by atoms with Crippen molar-refractivity contribution in [1.82, 2.24) is 14.5 Å². The van der Waals surface area contributed by atoms with E-state index in [1.807, 2.05) is 11.3 Å². The van der Waals surface area contributed by atoms with Gasteiger partial charge in [-0.15, -0.1) is 11.3 Å². The molecule has 1 atom stereocenters. The molecule has 39 heavy (non-hydrogen) atoms. The van der Waals surface area contributed by atoms with Gasteiger partial charge < -0.3 is 14.5 Å². The Morgan fingerprint density at radius 2 is 1.10 bits per heavy atom. The van der Waals surface area contributed by atoms with E-state index in [2.05, 4.69) is 142 Å². The van der Waals surface area contributed by atoms with Gasteiger partial charge in [-0.1, -0.05) is 72.8 Å². The number of para-hydroxylation sites is 4. The van der Waals surface area contributed by atoms with Crippen LogP contribution in [-0.2, 0) is 0 Å². The average molecular weight is 518 g/mol. The maximum atomic E-state index is 3.70. The molecule has 9 rings (SSSR count). The van der Waals surface area contributed by atoms with Crippen molar-refractivity contribution >= 4 is 71.1 Å². The summed E-state index contributed by atoms with van der Waals surface area (Å²) in [6, 6.07) is 41.9. The normalized spacial score (nSPS) is 15.0. The molecule has 1 aliphatic rings. The van der Waals surface area contributed by atoms with Crippen LogP contribution >= 0.6 is 11.3 Å². The number of fused-ring (bicyclic) bond motifs is 9. The summed E-state index contributed by atoms with van der Waals surface area (Å²) in [5.41, 5.74) is 7.48. The summed E-state index contributed by atoms with van der Waals surface area (Å²) in [7, 11) is 0. The standard InChI is InChI=1S/C35H23N3S/c1-5-13-29-23(9-1)24-10-2-6-14-30(24)37(29)22-17-18-33-28(21-22)27-19-20-36-35(34(27)39-33)38-31-15-7-3-11-25(31)26-12-4-8-16-32(26)38/h1-21,35-36H. The predicted octanol–water partition coefficient (Wildman–Crippen LogP) is 9.23. The van der Waals surface area contributed by atoms with E-state index in [9.17, 15) is 0 Å². The van der Waals surface area contributed by atoms with Crippen molar-refractivity contribution in [2.24, 2.45) is 0 Å². The van der Waals surface area contributed by atoms with Crippen LogP contribution in [0.15, 0.2) is 121 Å². The molecule has 0 spiro atoms. The van der Waals surface area contributed by atoms with Gasteiger partial charge >= 0.3 is 0 Å². The molecule has 8 aromatic rings. The first-order valence-electron chi connectivity index (χ1n) is 13.3. The number of thiophene rings is 1. The Morgan fingerprint density at radius 1 is 0.564 bits per heavy atom. The summed E-state index contributed by atoms with van der Waals surface area (Å²) in [5, 5.41) is 10.2. The van der Waals surface area contributed by atoms with Crippen LogP contribution in [0.1, 0.15) is 16.6 Å². The van der Waals surface area contributed by atoms with Crippen LogP contribution in [0.5, 0.6) is 0 Å². The average Bonchev–Trinajstić information content (AvgIpc) is 3.65. The fourth-order valence-electron chi connectivity index (χ4n) is 6.56. The Balaban J connectivity index is 1.29. The molecule has 0 bridgehead atoms. The summed E-state index contributed by atoms with van der Waals surface area (Å²) in [5.74, 6) is 0. The highest BCUT2D eigenvalue weighted by molar-refractivity contribution is 7.19. The molecule has 1 aliphatic heterocycles. The first kappa shape index (κ1) is 21.2. The molecule has 0 saturated carbocycles. The van der Waals surface area contributed by atoms with Crippen molar-refractivity contribution in [3.8, 4) is 5.69 Å². The highest BCUT2D eigenvalue weighted by Gasteiger charge is 2.26. The lowest BCUT2D eigenvalue weighted by atomic mass is 10.1. The highest BCUT2D eigenvalue weighted by Crippen LogP contribution is 2.43. The van der Waals surface area contributed by atoms with E-state index in [1.54, 1.807) is 0 Å². The van der Waals surface area contributed by atoms with Gasteiger partial charge in [0, 0.05) is 42.9 Å². The third-order valence-electron chi connectivity index (χ3n) is 8.20. The van der Waals surface area contributed by atoms with E-state index in [4.69, 9.17) is 0 Å². The molecule has 4 heteroatoms. The lowest BCUT2D eigenvalue weighted by molar-refractivity contribution is 0.569. The number of hydrogen-bond acceptors (Lipinski definition) is 2. The van der Waals surface area contributed by atoms with E-state index in [-0.39, 0.29) is 6.17 Å². The van der Waals surface area contributed by atoms with E-state index in [0.717, 1.165) is 0 Å². The van der Waals surface area contributed by atoms with Crippen LogP contribution in [-0.4, -0.2) is 9.13 Å². The molecular weight excluding hydrogens is 494 g/mol. The largest absolute Gasteiger partial charge is 0.367 e. The highest BCUT2D eigenvalue weighted by atomic mass is 32.1. The minimum Gasteiger partial charge on any atom is -0.367 e. The minimum atomic E-state index is 0.0314. The van der Waals surface area contributed by atoms with Crippen LogP contribution in [0.25, 0.3) is 65.5 Å². The Hall–Kier alpha value is -4.80. The van der Waals surface area contributed by atoms with Gasteiger partial charge in [-0.05, 0) is 54.7 Å². The molecule has 0 fully saturated rings. The van der Waals surface area contributed by atoms with E-state index < -0.39 is 0 Å². The van der Waals surface area contributed by atoms with Crippen LogP contribution in [0.2, 0.25) is 0 Å². The van der Waals surface area contributed by atoms with E-state index in [1.165, 1.54) is 69.8 Å². The fourth-order valence-corrected chi connectivity index (χ4v) is 7.78. The van der Waals surface area contributed by atoms with Gasteiger partial charge in [-0.3, -0.25) is 0 Å². The summed E-state index contributed by atoms with van der Waals surface area (Å²) < 4.78 is 6.18. The summed E-state index contributed by atoms with van der Waals surface area (Å²) in [6.45, 7) is 0. The molecule has 5 aromatic carbocycles. The zero-order valence-electron chi connectivity index (χ0n) is 21.0. The Morgan fingerprint density at radius 3 is 1.72 bits per heavy atom. The molecular formula is C35H23N3S. The van der Waals surface area contributed by atoms with Gasteiger partial charge in [0.15, 0.2) is 0 Å². The Labute approximate surface area is 228 Å². The van der Waals surface area contributed by atoms with Gasteiger partial charge in [-0.25, -0.2) is 0 Å². The number of nitrogens with one attached hydrogen (secondary N) is 1. The topological polar surface area (TPSA) is 21.9 Å². The van der Waals surface area contributed by atoms with Gasteiger partial charge in [0.2, 0.25) is 0 Å². The van der Waals surface area contributed by atoms with E-state index >= 15 is 0 Å². The molecule has 1 N–H and O–H groups in total. The first-order valence-corrected chi connectivity index (χ1v) is 14.1. The van der Waals surface area contributed by atoms with Crippen molar-refractivity contribution < 1.29 is 0 Å². The lowest BCUT2D eigenvalue weighted by Gasteiger charge is -2.24. The van der Waals surface area contributed by atoms with Crippen molar-refractivity contribution in [2.45, 2.75) is 6.17 Å². The quantitative estimate of drug-likeness (QED) is 0.242. The number of nitrogens with zero attached hydrogens (tertiary/aromatic N) is 2. The third kappa shape index (κ3) is 2.87. The zero-order valence-corrected chi connectivity index (χ0v) is 21.8. The molecule has 0 saturated heterocycles. The molecule has 3 aromatic heterocycles. The molecule has 4 heterocycles. The van der Waals surface area contributed by atoms with Gasteiger partial charge in [-0.2, -0.15) is 0 Å². The Bertz CT molecular complexity index is 2170. The van der Waals surface area contributed by atoms with Gasteiger partial charge in [0.05, 0.1) is 26.9 Å². The zero-order chi connectivity index (χ0) is 25.5. The van der Waals surface area contributed by atoms with Crippen LogP contribution in [0.3, 0.4) is 0 Å². The molecule has 3 nitrogen and oxygen atoms in total. The van der Waals surface area contributed by atoms with Gasteiger partial charge in [0.25, 0.3) is 0 Å². The smallest absolute Gasteiger partial charge is 0.140 e. The number of aromatic nitrogens is 2. The number of rotatable bonds is 2. The molecule has 0 amide bonds. The van der Waals surface area contributed by atoms with Crippen molar-refractivity contribution in [1.29, 1.82) is 0 Å². The van der Waals surface area contributed by atoms with Crippen LogP contribution in [0.4, 0.5) is 0 Å². The Kier molecular flexibility index (Phi) is 4.26. The second-order valence-electron chi connectivity index (χ2n) is 10.2. The second kappa shape index (κ2) is 7.85. The van der Waals surface area contributed by atoms with E-state index in [0.29, 0.717) is 0 Å². The third-order valence-corrected chi connectivity index (χ3v) is 9.44. The number of benzene rings is 5. The van der Waals surface area contributed by atoms with Crippen LogP contribution < -0.4 is 5.32 Å². The van der Waals surface area contributed by atoms with Crippen molar-refractivity contribution in [3.05, 3.63) is 132 Å². The molecule has 0 radical (unpaired) electrons. The summed E-state index contributed by atoms with van der Waals surface area (Å²) >= 11 is 1.89. The fraction of sp³-hybridized carbons (Fsp3) is 0.0286. The molecule has 184 valence electrons. The molecule has 0 aliphatic carbocycles. The SMILES string of the molecule is C1=Cc2c(sc3ccc(-n4c5ccccc5c5ccccc54)cc23)C(n2c3ccccc3c3ccccc32)N1. The van der Waals surface area contributed by atoms with Crippen molar-refractivity contribution in [2.75, 3.05) is 0 Å². The lowest BCUT2D eigenvalue weighted by Crippen LogP contribution is -2.25. The van der Waals surface area contributed by atoms with Crippen molar-refractivity contribution in [3.63, 3.8) is 0 Å². The molecule has 1 unspecified atom stereocenters. The summed E-state index contributed by atoms with van der Waals surface area (Å²) in [4.78, 5) is 1.35. The van der Waals surface area contributed by atoms with Gasteiger partial charge in [0.1, 0.15) is 6.17 Å². The second-order valence-corrected chi connectivity index (χ2v) is 11.3. The van der Waals surface area contributed by atoms with Crippen LogP contribution in [0, 0.1) is 0 Å². The maximum Gasteiger partial charge on any atom is 0.140 e. The minimum absolute atomic E-state index is 0.0314. The summed E-state index contributed by atoms with van der Waals surface area (Å²) in [6.07, 6.45) is 4.40. The number of hydrogen-bond donors (Lipinski definition) is 1. The maximum absolute atomic E-state index is 3.70. The first-order chi connectivity index (χ1) is 19.4. The monoisotopic (exact) mass is 517 g/mol.